The van der Waals surface area contributed by atoms with Crippen molar-refractivity contribution in [3.8, 4) is 0 Å². The Bertz CT molecular complexity index is 194. The van der Waals surface area contributed by atoms with Gasteiger partial charge in [0.25, 0.3) is 0 Å². The van der Waals surface area contributed by atoms with E-state index in [9.17, 15) is 9.59 Å². The third kappa shape index (κ3) is 1.14. The number of nitrogens with one attached hydrogen (secondary N) is 1. The van der Waals surface area contributed by atoms with Crippen LogP contribution in [0.25, 0.3) is 0 Å². The van der Waals surface area contributed by atoms with Gasteiger partial charge in [0.15, 0.2) is 0 Å². The molecule has 2 amide bonds. The van der Waals surface area contributed by atoms with Crippen molar-refractivity contribution in [3.63, 3.8) is 0 Å². The smallest absolute Gasteiger partial charge is 0.243 e. The lowest BCUT2D eigenvalue weighted by molar-refractivity contribution is -0.147. The molecule has 0 unspecified atom stereocenters. The molecule has 0 aromatic carbocycles. The average Bonchev–Trinajstić information content (AvgIpc) is 2.70. The van der Waals surface area contributed by atoms with Gasteiger partial charge in [-0.15, -0.1) is 0 Å². The fraction of sp³-hybridized carbons (Fsp3) is 0.714. The van der Waals surface area contributed by atoms with Crippen molar-refractivity contribution in [3.05, 3.63) is 0 Å². The van der Waals surface area contributed by atoms with Gasteiger partial charge in [0.05, 0.1) is 13.1 Å². The summed E-state index contributed by atoms with van der Waals surface area (Å²) in [5.74, 6) is -0.132. The zero-order chi connectivity index (χ0) is 7.84. The van der Waals surface area contributed by atoms with E-state index in [2.05, 4.69) is 5.32 Å². The number of nitrogens with zero attached hydrogens (tertiary/aromatic N) is 1. The second-order valence-corrected chi connectivity index (χ2v) is 2.99. The van der Waals surface area contributed by atoms with Gasteiger partial charge in [-0.25, -0.2) is 0 Å². The summed E-state index contributed by atoms with van der Waals surface area (Å²) in [5.41, 5.74) is 0. The van der Waals surface area contributed by atoms with Gasteiger partial charge in [0.1, 0.15) is 0 Å². The first-order chi connectivity index (χ1) is 5.29. The van der Waals surface area contributed by atoms with Crippen LogP contribution >= 0.6 is 0 Å². The van der Waals surface area contributed by atoms with E-state index in [1.54, 1.807) is 0 Å². The second-order valence-electron chi connectivity index (χ2n) is 2.99. The Kier molecular flexibility index (Phi) is 1.42. The number of hydrogen-bond donors (Lipinski definition) is 1. The Morgan fingerprint density at radius 1 is 1.18 bits per heavy atom. The van der Waals surface area contributed by atoms with E-state index in [4.69, 9.17) is 0 Å². The summed E-state index contributed by atoms with van der Waals surface area (Å²) in [7, 11) is 0. The summed E-state index contributed by atoms with van der Waals surface area (Å²) in [5, 5.41) is 2.76. The van der Waals surface area contributed by atoms with Crippen molar-refractivity contribution in [2.45, 2.75) is 18.9 Å². The number of imide groups is 1. The number of amides is 2. The van der Waals surface area contributed by atoms with E-state index < -0.39 is 0 Å². The molecule has 11 heavy (non-hydrogen) atoms. The third-order valence-corrected chi connectivity index (χ3v) is 2.00. The quantitative estimate of drug-likeness (QED) is 0.498. The first-order valence-corrected chi connectivity index (χ1v) is 3.84. The molecule has 1 aliphatic heterocycles. The molecule has 2 fully saturated rings. The maximum atomic E-state index is 11.1. The average molecular weight is 154 g/mol. The molecule has 1 aliphatic carbocycles. The zero-order valence-electron chi connectivity index (χ0n) is 6.17. The molecule has 0 bridgehead atoms. The highest BCUT2D eigenvalue weighted by Gasteiger charge is 2.38. The molecule has 0 aromatic heterocycles. The predicted octanol–water partition coefficient (Wildman–Crippen LogP) is -0.893. The molecule has 60 valence electrons. The number of carbonyl (C=O) groups excluding carboxylic acids is 2. The van der Waals surface area contributed by atoms with Crippen molar-refractivity contribution in [1.82, 2.24) is 10.2 Å². The first-order valence-electron chi connectivity index (χ1n) is 3.84. The van der Waals surface area contributed by atoms with Crippen molar-refractivity contribution < 1.29 is 9.59 Å². The zero-order valence-corrected chi connectivity index (χ0v) is 6.17. The van der Waals surface area contributed by atoms with Crippen molar-refractivity contribution >= 4 is 11.8 Å². The molecule has 0 atom stereocenters. The van der Waals surface area contributed by atoms with Crippen molar-refractivity contribution in [1.29, 1.82) is 0 Å². The van der Waals surface area contributed by atoms with Crippen LogP contribution in [0.2, 0.25) is 0 Å². The van der Waals surface area contributed by atoms with Gasteiger partial charge in [-0.2, -0.15) is 0 Å². The summed E-state index contributed by atoms with van der Waals surface area (Å²) in [6.45, 7) is 0.643. The van der Waals surface area contributed by atoms with Crippen LogP contribution < -0.4 is 5.32 Å². The van der Waals surface area contributed by atoms with Crippen LogP contribution in [0.5, 0.6) is 0 Å². The topological polar surface area (TPSA) is 49.4 Å². The minimum Gasteiger partial charge on any atom is -0.300 e. The minimum atomic E-state index is -0.0660. The number of piperazine rings is 1. The van der Waals surface area contributed by atoms with Crippen LogP contribution in [0.4, 0.5) is 0 Å². The lowest BCUT2D eigenvalue weighted by atomic mass is 10.3. The number of carbonyl (C=O) groups is 2. The fourth-order valence-electron chi connectivity index (χ4n) is 1.33. The lowest BCUT2D eigenvalue weighted by Gasteiger charge is -2.24. The largest absolute Gasteiger partial charge is 0.300 e. The van der Waals surface area contributed by atoms with Gasteiger partial charge in [-0.1, -0.05) is 0 Å². The van der Waals surface area contributed by atoms with Gasteiger partial charge >= 0.3 is 0 Å². The molecule has 1 saturated carbocycles. The minimum absolute atomic E-state index is 0.0660. The predicted molar refractivity (Wildman–Crippen MR) is 37.7 cm³/mol. The Labute approximate surface area is 64.5 Å². The number of hydrogen-bond acceptors (Lipinski definition) is 3. The van der Waals surface area contributed by atoms with Gasteiger partial charge in [-0.3, -0.25) is 19.8 Å². The Hall–Kier alpha value is -0.900. The van der Waals surface area contributed by atoms with Crippen LogP contribution in [0.3, 0.4) is 0 Å². The Balaban J connectivity index is 2.11. The fourth-order valence-corrected chi connectivity index (χ4v) is 1.33. The van der Waals surface area contributed by atoms with Crippen LogP contribution in [-0.2, 0) is 9.59 Å². The van der Waals surface area contributed by atoms with Gasteiger partial charge in [-0.05, 0) is 12.8 Å². The first kappa shape index (κ1) is 6.79. The summed E-state index contributed by atoms with van der Waals surface area (Å²) in [6, 6.07) is 0.233. The molecule has 1 N–H and O–H groups in total. The second kappa shape index (κ2) is 2.30. The molecule has 2 aliphatic rings. The molecule has 4 nitrogen and oxygen atoms in total. The Morgan fingerprint density at radius 3 is 2.18 bits per heavy atom. The lowest BCUT2D eigenvalue weighted by Crippen LogP contribution is -2.52. The van der Waals surface area contributed by atoms with Crippen LogP contribution in [0.15, 0.2) is 0 Å². The molecule has 1 saturated heterocycles. The highest BCUT2D eigenvalue weighted by molar-refractivity contribution is 6.00. The van der Waals surface area contributed by atoms with E-state index in [1.165, 1.54) is 4.90 Å². The molecule has 4 heteroatoms. The van der Waals surface area contributed by atoms with Crippen LogP contribution in [-0.4, -0.2) is 35.8 Å². The highest BCUT2D eigenvalue weighted by Crippen LogP contribution is 2.27. The van der Waals surface area contributed by atoms with Crippen LogP contribution in [0.1, 0.15) is 12.8 Å². The van der Waals surface area contributed by atoms with E-state index in [0.29, 0.717) is 13.1 Å². The normalized spacial score (nSPS) is 26.0. The van der Waals surface area contributed by atoms with Crippen molar-refractivity contribution in [2.75, 3.05) is 13.1 Å². The standard InChI is InChI=1S/C7H10N2O2/c10-6-3-8-4-7(11)9(6)5-1-2-5/h5,8H,1-4H2. The maximum Gasteiger partial charge on any atom is 0.243 e. The SMILES string of the molecule is O=C1CNCC(=O)N1C1CC1. The van der Waals surface area contributed by atoms with Gasteiger partial charge < -0.3 is 0 Å². The number of rotatable bonds is 1. The van der Waals surface area contributed by atoms with E-state index in [0.717, 1.165) is 12.8 Å². The Morgan fingerprint density at radius 2 is 1.73 bits per heavy atom. The molecule has 0 radical (unpaired) electrons. The van der Waals surface area contributed by atoms with Crippen molar-refractivity contribution in [2.24, 2.45) is 0 Å². The van der Waals surface area contributed by atoms with E-state index >= 15 is 0 Å². The summed E-state index contributed by atoms with van der Waals surface area (Å²) in [6.07, 6.45) is 2.00. The summed E-state index contributed by atoms with van der Waals surface area (Å²) in [4.78, 5) is 23.7. The summed E-state index contributed by atoms with van der Waals surface area (Å²) < 4.78 is 0. The van der Waals surface area contributed by atoms with E-state index in [1.807, 2.05) is 0 Å². The molecule has 2 rings (SSSR count). The maximum absolute atomic E-state index is 11.1. The van der Waals surface area contributed by atoms with E-state index in [-0.39, 0.29) is 17.9 Å². The van der Waals surface area contributed by atoms with Gasteiger partial charge in [0.2, 0.25) is 11.8 Å². The van der Waals surface area contributed by atoms with Gasteiger partial charge in [0, 0.05) is 6.04 Å². The molecular weight excluding hydrogens is 144 g/mol. The monoisotopic (exact) mass is 154 g/mol. The molecular formula is C7H10N2O2. The summed E-state index contributed by atoms with van der Waals surface area (Å²) >= 11 is 0. The highest BCUT2D eigenvalue weighted by atomic mass is 16.2. The molecule has 0 spiro atoms. The third-order valence-electron chi connectivity index (χ3n) is 2.00. The van der Waals surface area contributed by atoms with Crippen LogP contribution in [0, 0.1) is 0 Å². The molecule has 1 heterocycles. The molecule has 0 aromatic rings.